The topological polar surface area (TPSA) is 46.2 Å². The van der Waals surface area contributed by atoms with E-state index < -0.39 is 15.8 Å². The van der Waals surface area contributed by atoms with Crippen LogP contribution in [0.15, 0.2) is 58.8 Å². The van der Waals surface area contributed by atoms with Crippen molar-refractivity contribution in [3.05, 3.63) is 59.7 Å². The van der Waals surface area contributed by atoms with Crippen LogP contribution in [0.4, 0.5) is 10.1 Å². The molecule has 0 aliphatic heterocycles. The third kappa shape index (κ3) is 2.52. The smallest absolute Gasteiger partial charge is 0.261 e. The molecule has 2 aromatic carbocycles. The molecule has 102 valence electrons. The molecule has 0 radical (unpaired) electrons. The first-order valence-corrected chi connectivity index (χ1v) is 8.16. The predicted molar refractivity (Wildman–Crippen MR) is 79.0 cm³/mol. The van der Waals surface area contributed by atoms with Crippen molar-refractivity contribution in [2.75, 3.05) is 4.72 Å². The Labute approximate surface area is 119 Å². The number of nitrogens with one attached hydrogen (secondary N) is 1. The lowest BCUT2D eigenvalue weighted by Crippen LogP contribution is -2.12. The highest BCUT2D eigenvalue weighted by atomic mass is 32.2. The molecular weight excluding hydrogens is 297 g/mol. The van der Waals surface area contributed by atoms with Crippen LogP contribution in [0.2, 0.25) is 0 Å². The molecule has 0 atom stereocenters. The van der Waals surface area contributed by atoms with Crippen LogP contribution in [0.5, 0.6) is 0 Å². The maximum Gasteiger partial charge on any atom is 0.261 e. The second-order valence-electron chi connectivity index (χ2n) is 4.24. The van der Waals surface area contributed by atoms with E-state index >= 15 is 0 Å². The minimum atomic E-state index is -3.77. The summed E-state index contributed by atoms with van der Waals surface area (Å²) in [6.45, 7) is 0. The minimum absolute atomic E-state index is 0.0945. The van der Waals surface area contributed by atoms with Gasteiger partial charge in [0.1, 0.15) is 5.82 Å². The van der Waals surface area contributed by atoms with Gasteiger partial charge >= 0.3 is 0 Å². The average molecular weight is 307 g/mol. The number of benzene rings is 2. The Kier molecular flexibility index (Phi) is 3.19. The van der Waals surface area contributed by atoms with Gasteiger partial charge in [0.15, 0.2) is 0 Å². The Hall–Kier alpha value is -1.92. The summed E-state index contributed by atoms with van der Waals surface area (Å²) < 4.78 is 41.0. The second kappa shape index (κ2) is 4.88. The van der Waals surface area contributed by atoms with E-state index in [0.717, 1.165) is 16.2 Å². The van der Waals surface area contributed by atoms with Gasteiger partial charge in [-0.1, -0.05) is 6.07 Å². The summed E-state index contributed by atoms with van der Waals surface area (Å²) in [5.41, 5.74) is 0.458. The zero-order chi connectivity index (χ0) is 14.2. The summed E-state index contributed by atoms with van der Waals surface area (Å²) in [4.78, 5) is -0.0945. The summed E-state index contributed by atoms with van der Waals surface area (Å²) in [7, 11) is -3.77. The van der Waals surface area contributed by atoms with Crippen molar-refractivity contribution in [2.45, 2.75) is 4.90 Å². The Morgan fingerprint density at radius 2 is 1.90 bits per heavy atom. The quantitative estimate of drug-likeness (QED) is 0.799. The van der Waals surface area contributed by atoms with Gasteiger partial charge in [0.25, 0.3) is 10.0 Å². The van der Waals surface area contributed by atoms with E-state index in [1.807, 2.05) is 17.5 Å². The average Bonchev–Trinajstić information content (AvgIpc) is 2.85. The van der Waals surface area contributed by atoms with Crippen LogP contribution in [0.25, 0.3) is 10.1 Å². The first-order chi connectivity index (χ1) is 9.54. The van der Waals surface area contributed by atoms with Gasteiger partial charge < -0.3 is 0 Å². The number of anilines is 1. The van der Waals surface area contributed by atoms with Crippen LogP contribution >= 0.6 is 11.3 Å². The summed E-state index contributed by atoms with van der Waals surface area (Å²) in [6.07, 6.45) is 0. The maximum atomic E-state index is 13.1. The van der Waals surface area contributed by atoms with Crippen molar-refractivity contribution < 1.29 is 12.8 Å². The van der Waals surface area contributed by atoms with Crippen LogP contribution in [0, 0.1) is 5.82 Å². The molecule has 6 heteroatoms. The van der Waals surface area contributed by atoms with Gasteiger partial charge in [-0.3, -0.25) is 4.72 Å². The van der Waals surface area contributed by atoms with Crippen molar-refractivity contribution in [3.63, 3.8) is 0 Å². The molecule has 0 saturated carbocycles. The maximum absolute atomic E-state index is 13.1. The van der Waals surface area contributed by atoms with Gasteiger partial charge in [-0.15, -0.1) is 11.3 Å². The van der Waals surface area contributed by atoms with Gasteiger partial charge in [0.2, 0.25) is 0 Å². The van der Waals surface area contributed by atoms with Gasteiger partial charge in [0, 0.05) is 10.4 Å². The largest absolute Gasteiger partial charge is 0.280 e. The van der Waals surface area contributed by atoms with E-state index in [4.69, 9.17) is 0 Å². The number of hydrogen-bond acceptors (Lipinski definition) is 3. The summed E-state index contributed by atoms with van der Waals surface area (Å²) >= 11 is 1.59. The number of thiophene rings is 1. The molecular formula is C14H10FNO2S2. The zero-order valence-electron chi connectivity index (χ0n) is 10.2. The lowest BCUT2D eigenvalue weighted by Gasteiger charge is -2.08. The third-order valence-electron chi connectivity index (χ3n) is 2.81. The van der Waals surface area contributed by atoms with E-state index in [1.54, 1.807) is 23.5 Å². The minimum Gasteiger partial charge on any atom is -0.280 e. The molecule has 0 fully saturated rings. The van der Waals surface area contributed by atoms with Gasteiger partial charge in [0.05, 0.1) is 4.90 Å². The van der Waals surface area contributed by atoms with E-state index in [9.17, 15) is 12.8 Å². The Morgan fingerprint density at radius 1 is 1.05 bits per heavy atom. The molecule has 3 rings (SSSR count). The Bertz CT molecular complexity index is 872. The monoisotopic (exact) mass is 307 g/mol. The molecule has 0 unspecified atom stereocenters. The molecule has 0 saturated heterocycles. The van der Waals surface area contributed by atoms with Crippen molar-refractivity contribution >= 4 is 37.1 Å². The number of hydrogen-bond donors (Lipinski definition) is 1. The lowest BCUT2D eigenvalue weighted by atomic mass is 10.2. The fraction of sp³-hybridized carbons (Fsp3) is 0. The molecule has 0 aliphatic carbocycles. The molecule has 20 heavy (non-hydrogen) atoms. The standard InChI is InChI=1S/C14H10FNO2S2/c15-11-2-1-3-13(9-11)20(17,18)16-12-4-5-14-10(8-12)6-7-19-14/h1-9,16H. The Balaban J connectivity index is 1.96. The highest BCUT2D eigenvalue weighted by Gasteiger charge is 2.14. The number of sulfonamides is 1. The summed E-state index contributed by atoms with van der Waals surface area (Å²) in [5, 5.41) is 2.91. The lowest BCUT2D eigenvalue weighted by molar-refractivity contribution is 0.595. The number of halogens is 1. The van der Waals surface area contributed by atoms with E-state index in [0.29, 0.717) is 5.69 Å². The number of fused-ring (bicyclic) bond motifs is 1. The van der Waals surface area contributed by atoms with Crippen molar-refractivity contribution in [3.8, 4) is 0 Å². The van der Waals surface area contributed by atoms with Crippen LogP contribution in [-0.4, -0.2) is 8.42 Å². The van der Waals surface area contributed by atoms with Crippen molar-refractivity contribution in [1.29, 1.82) is 0 Å². The second-order valence-corrected chi connectivity index (χ2v) is 6.87. The Morgan fingerprint density at radius 3 is 2.70 bits per heavy atom. The predicted octanol–water partition coefficient (Wildman–Crippen LogP) is 3.84. The molecule has 0 bridgehead atoms. The molecule has 3 aromatic rings. The highest BCUT2D eigenvalue weighted by Crippen LogP contribution is 2.25. The zero-order valence-corrected chi connectivity index (χ0v) is 11.8. The summed E-state index contributed by atoms with van der Waals surface area (Å²) in [5.74, 6) is -0.582. The first-order valence-electron chi connectivity index (χ1n) is 5.80. The van der Waals surface area contributed by atoms with E-state index in [2.05, 4.69) is 4.72 Å². The van der Waals surface area contributed by atoms with Crippen molar-refractivity contribution in [2.24, 2.45) is 0 Å². The van der Waals surface area contributed by atoms with Crippen LogP contribution in [0.3, 0.4) is 0 Å². The fourth-order valence-electron chi connectivity index (χ4n) is 1.88. The SMILES string of the molecule is O=S(=O)(Nc1ccc2sccc2c1)c1cccc(F)c1. The molecule has 0 aliphatic rings. The van der Waals surface area contributed by atoms with Crippen molar-refractivity contribution in [1.82, 2.24) is 0 Å². The van der Waals surface area contributed by atoms with E-state index in [1.165, 1.54) is 18.2 Å². The molecule has 1 heterocycles. The molecule has 3 nitrogen and oxygen atoms in total. The number of rotatable bonds is 3. The van der Waals surface area contributed by atoms with Gasteiger partial charge in [-0.2, -0.15) is 0 Å². The molecule has 0 amide bonds. The van der Waals surface area contributed by atoms with E-state index in [-0.39, 0.29) is 4.90 Å². The molecule has 0 spiro atoms. The van der Waals surface area contributed by atoms with Gasteiger partial charge in [-0.05, 0) is 53.2 Å². The normalized spacial score (nSPS) is 11.7. The van der Waals surface area contributed by atoms with Crippen LogP contribution in [0.1, 0.15) is 0 Å². The highest BCUT2D eigenvalue weighted by molar-refractivity contribution is 7.92. The van der Waals surface area contributed by atoms with Crippen LogP contribution < -0.4 is 4.72 Å². The molecule has 1 aromatic heterocycles. The van der Waals surface area contributed by atoms with Gasteiger partial charge in [-0.25, -0.2) is 12.8 Å². The summed E-state index contributed by atoms with van der Waals surface area (Å²) in [6, 6.07) is 12.1. The molecule has 1 N–H and O–H groups in total. The first kappa shape index (κ1) is 13.1. The fourth-order valence-corrected chi connectivity index (χ4v) is 3.73. The van der Waals surface area contributed by atoms with Crippen LogP contribution in [-0.2, 0) is 10.0 Å². The third-order valence-corrected chi connectivity index (χ3v) is 5.09.